The minimum absolute atomic E-state index is 0.0225. The summed E-state index contributed by atoms with van der Waals surface area (Å²) in [6.07, 6.45) is 0. The van der Waals surface area contributed by atoms with E-state index in [0.29, 0.717) is 0 Å². The number of hydrogen-bond acceptors (Lipinski definition) is 5. The first-order chi connectivity index (χ1) is 5.72. The van der Waals surface area contributed by atoms with Crippen LogP contribution in [0.1, 0.15) is 0 Å². The van der Waals surface area contributed by atoms with Gasteiger partial charge in [0, 0.05) is 0 Å². The van der Waals surface area contributed by atoms with Crippen molar-refractivity contribution in [2.45, 2.75) is 0 Å². The van der Waals surface area contributed by atoms with Gasteiger partial charge >= 0.3 is 11.9 Å². The van der Waals surface area contributed by atoms with Gasteiger partial charge in [-0.3, -0.25) is 0 Å². The maximum absolute atomic E-state index is 10.0. The third-order valence-corrected chi connectivity index (χ3v) is 1.01. The molecule has 0 aromatic carbocycles. The molecule has 0 aliphatic carbocycles. The molecule has 0 unspecified atom stereocenters. The monoisotopic (exact) mass is 173 g/mol. The molecule has 1 aromatic rings. The van der Waals surface area contributed by atoms with Gasteiger partial charge in [-0.25, -0.2) is 4.79 Å². The minimum Gasteiger partial charge on any atom is -0.479 e. The maximum atomic E-state index is 10.0. The average Bonchev–Trinajstić information content (AvgIpc) is 2.48. The molecular formula is C6H7NO5. The van der Waals surface area contributed by atoms with Gasteiger partial charge in [0.2, 0.25) is 0 Å². The van der Waals surface area contributed by atoms with Crippen LogP contribution in [0.2, 0.25) is 0 Å². The van der Waals surface area contributed by atoms with Crippen LogP contribution in [-0.2, 0) is 4.79 Å². The summed E-state index contributed by atoms with van der Waals surface area (Å²) in [5.74, 6) is -0.810. The number of carboxylic acid groups (broad SMARTS) is 1. The molecular weight excluding hydrogens is 166 g/mol. The Hall–Kier alpha value is -1.72. The summed E-state index contributed by atoms with van der Waals surface area (Å²) in [5, 5.41) is 11.6. The highest BCUT2D eigenvalue weighted by molar-refractivity contribution is 5.68. The molecule has 6 nitrogen and oxygen atoms in total. The molecule has 1 heterocycles. The number of methoxy groups -OCH3 is 1. The minimum atomic E-state index is -1.08. The molecule has 0 atom stereocenters. The van der Waals surface area contributed by atoms with E-state index < -0.39 is 12.6 Å². The van der Waals surface area contributed by atoms with E-state index in [1.54, 1.807) is 0 Å². The number of carbonyl (C=O) groups is 1. The zero-order chi connectivity index (χ0) is 8.97. The van der Waals surface area contributed by atoms with E-state index in [1.807, 2.05) is 0 Å². The quantitative estimate of drug-likeness (QED) is 0.697. The lowest BCUT2D eigenvalue weighted by Gasteiger charge is -1.93. The van der Waals surface area contributed by atoms with Crippen LogP contribution in [0.25, 0.3) is 0 Å². The third-order valence-electron chi connectivity index (χ3n) is 1.01. The predicted octanol–water partition coefficient (Wildman–Crippen LogP) is 0.147. The van der Waals surface area contributed by atoms with Crippen molar-refractivity contribution in [3.05, 3.63) is 6.07 Å². The molecule has 0 amide bonds. The lowest BCUT2D eigenvalue weighted by atomic mass is 10.6. The number of carboxylic acids is 1. The Morgan fingerprint density at radius 3 is 3.08 bits per heavy atom. The molecule has 66 valence electrons. The van der Waals surface area contributed by atoms with Crippen LogP contribution >= 0.6 is 0 Å². The molecule has 0 fully saturated rings. The number of rotatable bonds is 4. The van der Waals surface area contributed by atoms with Crippen molar-refractivity contribution in [2.24, 2.45) is 0 Å². The smallest absolute Gasteiger partial charge is 0.341 e. The summed E-state index contributed by atoms with van der Waals surface area (Å²) in [4.78, 5) is 10.0. The molecule has 0 saturated heterocycles. The van der Waals surface area contributed by atoms with Crippen LogP contribution in [0.4, 0.5) is 0 Å². The summed E-state index contributed by atoms with van der Waals surface area (Å²) in [6, 6.07) is 1.35. The zero-order valence-corrected chi connectivity index (χ0v) is 6.31. The van der Waals surface area contributed by atoms with E-state index >= 15 is 0 Å². The van der Waals surface area contributed by atoms with E-state index in [2.05, 4.69) is 19.2 Å². The van der Waals surface area contributed by atoms with Crippen molar-refractivity contribution in [2.75, 3.05) is 13.7 Å². The molecule has 1 N–H and O–H groups in total. The molecule has 0 aliphatic rings. The molecule has 6 heteroatoms. The van der Waals surface area contributed by atoms with Crippen LogP contribution in [0.15, 0.2) is 10.6 Å². The van der Waals surface area contributed by atoms with Crippen molar-refractivity contribution in [3.8, 4) is 11.8 Å². The van der Waals surface area contributed by atoms with Crippen molar-refractivity contribution in [3.63, 3.8) is 0 Å². The molecule has 1 aromatic heterocycles. The van der Waals surface area contributed by atoms with Crippen molar-refractivity contribution >= 4 is 5.97 Å². The largest absolute Gasteiger partial charge is 0.479 e. The van der Waals surface area contributed by atoms with Gasteiger partial charge in [0.1, 0.15) is 0 Å². The average molecular weight is 173 g/mol. The normalized spacial score (nSPS) is 9.42. The topological polar surface area (TPSA) is 81.8 Å². The molecule has 0 radical (unpaired) electrons. The molecule has 12 heavy (non-hydrogen) atoms. The SMILES string of the molecule is COc1cc(OCC(=O)O)on1. The van der Waals surface area contributed by atoms with Crippen LogP contribution in [-0.4, -0.2) is 29.9 Å². The molecule has 0 saturated carbocycles. The van der Waals surface area contributed by atoms with Gasteiger partial charge in [-0.1, -0.05) is 0 Å². The molecule has 0 bridgehead atoms. The lowest BCUT2D eigenvalue weighted by Crippen LogP contribution is -2.08. The fourth-order valence-electron chi connectivity index (χ4n) is 0.541. The van der Waals surface area contributed by atoms with Crippen LogP contribution < -0.4 is 9.47 Å². The van der Waals surface area contributed by atoms with Crippen molar-refractivity contribution in [1.82, 2.24) is 5.16 Å². The first-order valence-corrected chi connectivity index (χ1v) is 3.07. The van der Waals surface area contributed by atoms with Crippen molar-refractivity contribution in [1.29, 1.82) is 0 Å². The summed E-state index contributed by atoms with van der Waals surface area (Å²) in [5.41, 5.74) is 0. The predicted molar refractivity (Wildman–Crippen MR) is 36.2 cm³/mol. The number of aromatic nitrogens is 1. The maximum Gasteiger partial charge on any atom is 0.341 e. The number of aliphatic carboxylic acids is 1. The van der Waals surface area contributed by atoms with Gasteiger partial charge in [-0.15, -0.1) is 0 Å². The summed E-state index contributed by atoms with van der Waals surface area (Å²) < 4.78 is 13.9. The van der Waals surface area contributed by atoms with Crippen LogP contribution in [0.5, 0.6) is 11.8 Å². The molecule has 0 spiro atoms. The van der Waals surface area contributed by atoms with Gasteiger partial charge in [-0.05, 0) is 5.16 Å². The Kier molecular flexibility index (Phi) is 2.52. The van der Waals surface area contributed by atoms with E-state index in [-0.39, 0.29) is 11.8 Å². The first-order valence-electron chi connectivity index (χ1n) is 3.07. The fourth-order valence-corrected chi connectivity index (χ4v) is 0.541. The fraction of sp³-hybridized carbons (Fsp3) is 0.333. The van der Waals surface area contributed by atoms with Gasteiger partial charge in [0.25, 0.3) is 5.88 Å². The summed E-state index contributed by atoms with van der Waals surface area (Å²) in [6.45, 7) is -0.460. The van der Waals surface area contributed by atoms with E-state index in [9.17, 15) is 4.79 Å². The van der Waals surface area contributed by atoms with Gasteiger partial charge in [-0.2, -0.15) is 0 Å². The Morgan fingerprint density at radius 1 is 1.83 bits per heavy atom. The van der Waals surface area contributed by atoms with Crippen LogP contribution in [0.3, 0.4) is 0 Å². The van der Waals surface area contributed by atoms with Gasteiger partial charge in [0.15, 0.2) is 6.61 Å². The Labute approximate surface area is 67.7 Å². The van der Waals surface area contributed by atoms with Crippen LogP contribution in [0, 0.1) is 0 Å². The second-order valence-corrected chi connectivity index (χ2v) is 1.87. The number of ether oxygens (including phenoxy) is 2. The summed E-state index contributed by atoms with van der Waals surface area (Å²) in [7, 11) is 1.42. The summed E-state index contributed by atoms with van der Waals surface area (Å²) >= 11 is 0. The van der Waals surface area contributed by atoms with E-state index in [0.717, 1.165) is 0 Å². The number of hydrogen-bond donors (Lipinski definition) is 1. The highest BCUT2D eigenvalue weighted by Crippen LogP contribution is 2.17. The highest BCUT2D eigenvalue weighted by atomic mass is 16.6. The van der Waals surface area contributed by atoms with E-state index in [1.165, 1.54) is 13.2 Å². The van der Waals surface area contributed by atoms with E-state index in [4.69, 9.17) is 5.11 Å². The Bertz CT molecular complexity index is 269. The van der Waals surface area contributed by atoms with Crippen molar-refractivity contribution < 1.29 is 23.9 Å². The molecule has 1 rings (SSSR count). The standard InChI is InChI=1S/C6H7NO5/c1-10-4-2-6(12-7-4)11-3-5(8)9/h2H,3H2,1H3,(H,8,9). The highest BCUT2D eigenvalue weighted by Gasteiger charge is 2.06. The second-order valence-electron chi connectivity index (χ2n) is 1.87. The first kappa shape index (κ1) is 8.38. The van der Waals surface area contributed by atoms with Gasteiger partial charge in [0.05, 0.1) is 13.2 Å². The third kappa shape index (κ3) is 2.15. The number of nitrogens with zero attached hydrogens (tertiary/aromatic N) is 1. The second kappa shape index (κ2) is 3.61. The van der Waals surface area contributed by atoms with Gasteiger partial charge < -0.3 is 19.1 Å². The Morgan fingerprint density at radius 2 is 2.58 bits per heavy atom. The lowest BCUT2D eigenvalue weighted by molar-refractivity contribution is -0.139. The molecule has 0 aliphatic heterocycles. The zero-order valence-electron chi connectivity index (χ0n) is 6.31. The Balaban J connectivity index is 2.47.